The predicted octanol–water partition coefficient (Wildman–Crippen LogP) is 3.90. The molecule has 1 atom stereocenters. The Balaban J connectivity index is 1.80. The van der Waals surface area contributed by atoms with Gasteiger partial charge in [-0.1, -0.05) is 24.3 Å². The summed E-state index contributed by atoms with van der Waals surface area (Å²) in [4.78, 5) is 19.6. The minimum absolute atomic E-state index is 0.00687. The first kappa shape index (κ1) is 15.7. The van der Waals surface area contributed by atoms with Gasteiger partial charge in [0.25, 0.3) is 5.91 Å². The number of amides is 1. The van der Waals surface area contributed by atoms with Crippen molar-refractivity contribution in [1.29, 1.82) is 0 Å². The fourth-order valence-electron chi connectivity index (χ4n) is 3.41. The Morgan fingerprint density at radius 1 is 1.20 bits per heavy atom. The normalized spacial score (nSPS) is 17.8. The summed E-state index contributed by atoms with van der Waals surface area (Å²) in [5.74, 6) is 1.11. The highest BCUT2D eigenvalue weighted by molar-refractivity contribution is 6.04. The fourth-order valence-corrected chi connectivity index (χ4v) is 3.41. The Bertz CT molecular complexity index is 873. The molecule has 1 unspecified atom stereocenters. The smallest absolute Gasteiger partial charge is 0.257 e. The van der Waals surface area contributed by atoms with Crippen LogP contribution in [0.2, 0.25) is 0 Å². The van der Waals surface area contributed by atoms with Crippen molar-refractivity contribution >= 4 is 17.8 Å². The summed E-state index contributed by atoms with van der Waals surface area (Å²) in [5, 5.41) is 0. The third-order valence-electron chi connectivity index (χ3n) is 4.54. The van der Waals surface area contributed by atoms with Crippen molar-refractivity contribution in [3.63, 3.8) is 0 Å². The van der Waals surface area contributed by atoms with Crippen LogP contribution in [-0.2, 0) is 6.54 Å². The topological polar surface area (TPSA) is 51.1 Å². The highest BCUT2D eigenvalue weighted by Crippen LogP contribution is 2.41. The Morgan fingerprint density at radius 3 is 2.76 bits per heavy atom. The van der Waals surface area contributed by atoms with Crippen molar-refractivity contribution in [2.24, 2.45) is 4.99 Å². The molecule has 0 fully saturated rings. The van der Waals surface area contributed by atoms with E-state index in [0.29, 0.717) is 29.3 Å². The van der Waals surface area contributed by atoms with Crippen LogP contribution < -0.4 is 9.47 Å². The number of carbonyl (C=O) groups is 1. The number of fused-ring (bicyclic) bond motifs is 4. The Kier molecular flexibility index (Phi) is 3.71. The minimum Gasteiger partial charge on any atom is -0.493 e. The second-order valence-corrected chi connectivity index (χ2v) is 6.54. The van der Waals surface area contributed by atoms with Crippen LogP contribution in [-0.4, -0.2) is 30.2 Å². The number of rotatable bonds is 3. The second-order valence-electron chi connectivity index (χ2n) is 6.54. The van der Waals surface area contributed by atoms with Gasteiger partial charge >= 0.3 is 0 Å². The lowest BCUT2D eigenvalue weighted by atomic mass is 10.1. The molecule has 1 amide bonds. The van der Waals surface area contributed by atoms with Crippen LogP contribution in [0.5, 0.6) is 11.5 Å². The zero-order valence-electron chi connectivity index (χ0n) is 14.5. The maximum absolute atomic E-state index is 13.1. The maximum Gasteiger partial charge on any atom is 0.257 e. The summed E-state index contributed by atoms with van der Waals surface area (Å²) in [6, 6.07) is 11.5. The average molecular weight is 336 g/mol. The third kappa shape index (κ3) is 2.56. The van der Waals surface area contributed by atoms with E-state index in [9.17, 15) is 4.79 Å². The number of ether oxygens (including phenoxy) is 2. The van der Waals surface area contributed by atoms with Gasteiger partial charge in [0.1, 0.15) is 0 Å². The van der Waals surface area contributed by atoms with E-state index in [0.717, 1.165) is 5.56 Å². The van der Waals surface area contributed by atoms with Gasteiger partial charge in [-0.25, -0.2) is 0 Å². The third-order valence-corrected chi connectivity index (χ3v) is 4.54. The molecule has 0 spiro atoms. The quantitative estimate of drug-likeness (QED) is 0.854. The summed E-state index contributed by atoms with van der Waals surface area (Å²) in [5.41, 5.74) is 3.47. The van der Waals surface area contributed by atoms with Gasteiger partial charge < -0.3 is 14.4 Å². The first-order chi connectivity index (χ1) is 12.1. The van der Waals surface area contributed by atoms with E-state index in [2.05, 4.69) is 17.1 Å². The highest BCUT2D eigenvalue weighted by atomic mass is 16.5. The minimum atomic E-state index is -0.128. The molecule has 0 bridgehead atoms. The van der Waals surface area contributed by atoms with Crippen LogP contribution in [0.15, 0.2) is 41.4 Å². The van der Waals surface area contributed by atoms with Gasteiger partial charge in [0, 0.05) is 18.8 Å². The van der Waals surface area contributed by atoms with Crippen molar-refractivity contribution in [3.8, 4) is 11.5 Å². The molecule has 0 aromatic heterocycles. The van der Waals surface area contributed by atoms with Gasteiger partial charge in [-0.3, -0.25) is 9.79 Å². The number of carbonyl (C=O) groups excluding carboxylic acids is 1. The number of benzene rings is 2. The van der Waals surface area contributed by atoms with Gasteiger partial charge in [-0.15, -0.1) is 0 Å². The summed E-state index contributed by atoms with van der Waals surface area (Å²) >= 11 is 0. The number of methoxy groups -OCH3 is 1. The monoisotopic (exact) mass is 336 g/mol. The van der Waals surface area contributed by atoms with E-state index in [1.165, 1.54) is 5.56 Å². The van der Waals surface area contributed by atoms with Crippen molar-refractivity contribution in [2.45, 2.75) is 32.5 Å². The molecule has 0 saturated carbocycles. The highest BCUT2D eigenvalue weighted by Gasteiger charge is 2.36. The van der Waals surface area contributed by atoms with E-state index < -0.39 is 0 Å². The molecule has 128 valence electrons. The van der Waals surface area contributed by atoms with Gasteiger partial charge in [0.15, 0.2) is 11.5 Å². The Labute approximate surface area is 146 Å². The Hall–Kier alpha value is -2.82. The molecule has 25 heavy (non-hydrogen) atoms. The number of nitrogens with zero attached hydrogens (tertiary/aromatic N) is 2. The maximum atomic E-state index is 13.1. The van der Waals surface area contributed by atoms with Crippen LogP contribution in [0.25, 0.3) is 0 Å². The van der Waals surface area contributed by atoms with Crippen molar-refractivity contribution in [1.82, 2.24) is 4.90 Å². The van der Waals surface area contributed by atoms with Crippen LogP contribution in [0.4, 0.5) is 5.69 Å². The van der Waals surface area contributed by atoms with Crippen LogP contribution in [0, 0.1) is 0 Å². The lowest BCUT2D eigenvalue weighted by Gasteiger charge is -2.21. The molecular formula is C20H20N2O3. The fraction of sp³-hybridized carbons (Fsp3) is 0.300. The van der Waals surface area contributed by atoms with Gasteiger partial charge in [-0.05, 0) is 31.0 Å². The molecule has 5 heteroatoms. The lowest BCUT2D eigenvalue weighted by molar-refractivity contribution is 0.0739. The largest absolute Gasteiger partial charge is 0.493 e. The average Bonchev–Trinajstić information content (AvgIpc) is 2.91. The van der Waals surface area contributed by atoms with Crippen LogP contribution >= 0.6 is 0 Å². The van der Waals surface area contributed by atoms with E-state index >= 15 is 0 Å². The molecule has 0 aliphatic carbocycles. The molecule has 0 radical (unpaired) electrons. The van der Waals surface area contributed by atoms with Crippen molar-refractivity contribution in [2.75, 3.05) is 7.11 Å². The molecular weight excluding hydrogens is 316 g/mol. The molecule has 5 nitrogen and oxygen atoms in total. The molecule has 4 rings (SSSR count). The van der Waals surface area contributed by atoms with Gasteiger partial charge in [0.2, 0.25) is 0 Å². The molecule has 2 aliphatic rings. The standard InChI is InChI=1S/C20H20N2O3/c1-12(2)25-19-9-16-15(8-18(19)24-3)20(23)22-11-13-6-4-5-7-14(13)17(22)10-21-16/h4-10,12,17H,11H2,1-3H3. The Morgan fingerprint density at radius 2 is 2.00 bits per heavy atom. The zero-order valence-corrected chi connectivity index (χ0v) is 14.5. The van der Waals surface area contributed by atoms with E-state index in [-0.39, 0.29) is 18.1 Å². The van der Waals surface area contributed by atoms with Gasteiger partial charge in [0.05, 0.1) is 30.5 Å². The molecule has 2 heterocycles. The second kappa shape index (κ2) is 5.92. The summed E-state index contributed by atoms with van der Waals surface area (Å²) in [6.45, 7) is 4.50. The number of aliphatic imine (C=N–C) groups is 1. The molecule has 0 saturated heterocycles. The van der Waals surface area contributed by atoms with Crippen molar-refractivity contribution in [3.05, 3.63) is 53.1 Å². The molecule has 0 N–H and O–H groups in total. The summed E-state index contributed by atoms with van der Waals surface area (Å²) in [6.07, 6.45) is 1.86. The van der Waals surface area contributed by atoms with E-state index in [1.54, 1.807) is 19.2 Å². The molecule has 2 aromatic carbocycles. The van der Waals surface area contributed by atoms with E-state index in [4.69, 9.17) is 9.47 Å². The van der Waals surface area contributed by atoms with Crippen LogP contribution in [0.1, 0.15) is 41.4 Å². The summed E-state index contributed by atoms with van der Waals surface area (Å²) in [7, 11) is 1.58. The SMILES string of the molecule is COc1cc2c(cc1OC(C)C)N=CC1c3ccccc3CN1C2=O. The predicted molar refractivity (Wildman–Crippen MR) is 96.0 cm³/mol. The van der Waals surface area contributed by atoms with Gasteiger partial charge in [-0.2, -0.15) is 0 Å². The number of hydrogen-bond donors (Lipinski definition) is 0. The number of hydrogen-bond acceptors (Lipinski definition) is 4. The first-order valence-electron chi connectivity index (χ1n) is 8.40. The summed E-state index contributed by atoms with van der Waals surface area (Å²) < 4.78 is 11.2. The molecule has 2 aliphatic heterocycles. The van der Waals surface area contributed by atoms with Crippen LogP contribution in [0.3, 0.4) is 0 Å². The lowest BCUT2D eigenvalue weighted by Crippen LogP contribution is -2.29. The molecule has 2 aromatic rings. The zero-order chi connectivity index (χ0) is 17.6. The van der Waals surface area contributed by atoms with E-state index in [1.807, 2.05) is 37.1 Å². The van der Waals surface area contributed by atoms with Crippen molar-refractivity contribution < 1.29 is 14.3 Å². The first-order valence-corrected chi connectivity index (χ1v) is 8.40.